The minimum absolute atomic E-state index is 0.0123. The monoisotopic (exact) mass is 216 g/mol. The quantitative estimate of drug-likeness (QED) is 0.651. The van der Waals surface area contributed by atoms with E-state index in [1.807, 2.05) is 7.05 Å². The second kappa shape index (κ2) is 6.05. The van der Waals surface area contributed by atoms with E-state index >= 15 is 0 Å². The van der Waals surface area contributed by atoms with Crippen LogP contribution in [0, 0.1) is 0 Å². The minimum atomic E-state index is -0.0707. The maximum atomic E-state index is 11.2. The van der Waals surface area contributed by atoms with Crippen molar-refractivity contribution in [3.05, 3.63) is 0 Å². The zero-order valence-electron chi connectivity index (χ0n) is 9.47. The van der Waals surface area contributed by atoms with Gasteiger partial charge in [-0.05, 0) is 19.9 Å². The highest BCUT2D eigenvalue weighted by atomic mass is 16.5. The second-order valence-corrected chi connectivity index (χ2v) is 3.85. The Morgan fingerprint density at radius 1 is 1.47 bits per heavy atom. The van der Waals surface area contributed by atoms with Gasteiger partial charge >= 0.3 is 0 Å². The average Bonchev–Trinajstić information content (AvgIpc) is 2.28. The molecule has 5 heteroatoms. The third-order valence-electron chi connectivity index (χ3n) is 2.88. The molecule has 0 aromatic heterocycles. The Kier molecular flexibility index (Phi) is 5.01. The number of hydrogen-bond acceptors (Lipinski definition) is 4. The van der Waals surface area contributed by atoms with E-state index in [0.717, 1.165) is 26.1 Å². The smallest absolute Gasteiger partial charge is 0.246 e. The Hall–Kier alpha value is -0.650. The fourth-order valence-electron chi connectivity index (χ4n) is 1.73. The molecule has 0 aromatic carbocycles. The number of methoxy groups -OCH3 is 1. The first-order valence-electron chi connectivity index (χ1n) is 5.25. The maximum absolute atomic E-state index is 11.2. The first-order valence-corrected chi connectivity index (χ1v) is 5.25. The average molecular weight is 216 g/mol. The van der Waals surface area contributed by atoms with Crippen LogP contribution in [0.2, 0.25) is 0 Å². The van der Waals surface area contributed by atoms with Crippen LogP contribution in [0.25, 0.3) is 0 Å². The van der Waals surface area contributed by atoms with E-state index in [2.05, 4.69) is 10.6 Å². The van der Waals surface area contributed by atoms with E-state index in [9.17, 15) is 4.79 Å². The fourth-order valence-corrected chi connectivity index (χ4v) is 1.73. The third kappa shape index (κ3) is 3.77. The summed E-state index contributed by atoms with van der Waals surface area (Å²) in [6.07, 6.45) is 1.85. The summed E-state index contributed by atoms with van der Waals surface area (Å²) in [6.45, 7) is 2.26. The van der Waals surface area contributed by atoms with Crippen LogP contribution in [0.5, 0.6) is 0 Å². The molecule has 0 saturated carbocycles. The van der Waals surface area contributed by atoms with Gasteiger partial charge in [-0.2, -0.15) is 0 Å². The van der Waals surface area contributed by atoms with Crippen molar-refractivity contribution in [1.82, 2.24) is 10.6 Å². The van der Waals surface area contributed by atoms with Gasteiger partial charge < -0.3 is 20.1 Å². The molecule has 1 aliphatic rings. The molecule has 0 aromatic rings. The van der Waals surface area contributed by atoms with Gasteiger partial charge in [0, 0.05) is 32.4 Å². The zero-order valence-corrected chi connectivity index (χ0v) is 9.47. The van der Waals surface area contributed by atoms with Crippen molar-refractivity contribution in [3.63, 3.8) is 0 Å². The number of carbonyl (C=O) groups excluding carboxylic acids is 1. The van der Waals surface area contributed by atoms with E-state index < -0.39 is 0 Å². The van der Waals surface area contributed by atoms with E-state index in [1.54, 1.807) is 0 Å². The Bertz CT molecular complexity index is 203. The molecule has 0 atom stereocenters. The summed E-state index contributed by atoms with van der Waals surface area (Å²) in [5.41, 5.74) is -0.0123. The fraction of sp³-hybridized carbons (Fsp3) is 0.900. The van der Waals surface area contributed by atoms with Crippen molar-refractivity contribution in [2.45, 2.75) is 18.4 Å². The largest absolute Gasteiger partial charge is 0.381 e. The van der Waals surface area contributed by atoms with E-state index in [4.69, 9.17) is 9.47 Å². The van der Waals surface area contributed by atoms with Crippen LogP contribution >= 0.6 is 0 Å². The molecule has 1 fully saturated rings. The molecular weight excluding hydrogens is 196 g/mol. The van der Waals surface area contributed by atoms with E-state index in [1.165, 1.54) is 7.11 Å². The maximum Gasteiger partial charge on any atom is 0.246 e. The van der Waals surface area contributed by atoms with Crippen LogP contribution in [0.4, 0.5) is 0 Å². The van der Waals surface area contributed by atoms with Crippen LogP contribution in [0.1, 0.15) is 12.8 Å². The summed E-state index contributed by atoms with van der Waals surface area (Å²) >= 11 is 0. The Morgan fingerprint density at radius 3 is 2.67 bits per heavy atom. The van der Waals surface area contributed by atoms with Gasteiger partial charge in [-0.25, -0.2) is 0 Å². The molecule has 0 unspecified atom stereocenters. The number of ether oxygens (including phenoxy) is 2. The van der Waals surface area contributed by atoms with Crippen molar-refractivity contribution >= 4 is 5.91 Å². The topological polar surface area (TPSA) is 59.6 Å². The van der Waals surface area contributed by atoms with Crippen molar-refractivity contribution in [1.29, 1.82) is 0 Å². The molecular formula is C10H20N2O3. The summed E-state index contributed by atoms with van der Waals surface area (Å²) < 4.78 is 10.1. The normalized spacial score (nSPS) is 19.9. The van der Waals surface area contributed by atoms with Gasteiger partial charge in [0.2, 0.25) is 5.91 Å². The highest BCUT2D eigenvalue weighted by molar-refractivity contribution is 5.77. The van der Waals surface area contributed by atoms with E-state index in [-0.39, 0.29) is 18.1 Å². The standard InChI is InChI=1S/C10H20N2O3/c1-11-10(3-5-15-6-4-10)8-12-9(13)7-14-2/h11H,3-8H2,1-2H3,(H,12,13). The first-order chi connectivity index (χ1) is 7.22. The number of likely N-dealkylation sites (N-methyl/N-ethyl adjacent to an activating group) is 1. The number of rotatable bonds is 5. The van der Waals surface area contributed by atoms with Crippen LogP contribution < -0.4 is 10.6 Å². The summed E-state index contributed by atoms with van der Waals surface area (Å²) in [4.78, 5) is 11.2. The van der Waals surface area contributed by atoms with Gasteiger partial charge in [-0.15, -0.1) is 0 Å². The summed E-state index contributed by atoms with van der Waals surface area (Å²) in [7, 11) is 3.44. The zero-order chi connectivity index (χ0) is 11.1. The molecule has 0 aliphatic carbocycles. The molecule has 88 valence electrons. The van der Waals surface area contributed by atoms with Gasteiger partial charge in [0.15, 0.2) is 0 Å². The molecule has 1 saturated heterocycles. The Labute approximate surface area is 90.5 Å². The van der Waals surface area contributed by atoms with Crippen molar-refractivity contribution in [2.75, 3.05) is 40.5 Å². The Balaban J connectivity index is 2.35. The molecule has 2 N–H and O–H groups in total. The van der Waals surface area contributed by atoms with Gasteiger partial charge in [0.05, 0.1) is 0 Å². The van der Waals surface area contributed by atoms with Crippen LogP contribution in [-0.4, -0.2) is 52.0 Å². The Morgan fingerprint density at radius 2 is 2.13 bits per heavy atom. The molecule has 0 bridgehead atoms. The van der Waals surface area contributed by atoms with Crippen LogP contribution in [0.15, 0.2) is 0 Å². The number of amides is 1. The summed E-state index contributed by atoms with van der Waals surface area (Å²) in [5.74, 6) is -0.0707. The summed E-state index contributed by atoms with van der Waals surface area (Å²) in [6, 6.07) is 0. The van der Waals surface area contributed by atoms with Gasteiger partial charge in [0.25, 0.3) is 0 Å². The molecule has 5 nitrogen and oxygen atoms in total. The molecule has 0 radical (unpaired) electrons. The summed E-state index contributed by atoms with van der Waals surface area (Å²) in [5, 5.41) is 6.14. The van der Waals surface area contributed by atoms with Gasteiger partial charge in [-0.3, -0.25) is 4.79 Å². The lowest BCUT2D eigenvalue weighted by Crippen LogP contribution is -2.55. The van der Waals surface area contributed by atoms with Crippen molar-refractivity contribution in [3.8, 4) is 0 Å². The third-order valence-corrected chi connectivity index (χ3v) is 2.88. The predicted molar refractivity (Wildman–Crippen MR) is 56.7 cm³/mol. The van der Waals surface area contributed by atoms with Gasteiger partial charge in [-0.1, -0.05) is 0 Å². The highest BCUT2D eigenvalue weighted by Gasteiger charge is 2.30. The highest BCUT2D eigenvalue weighted by Crippen LogP contribution is 2.18. The molecule has 15 heavy (non-hydrogen) atoms. The molecule has 1 rings (SSSR count). The molecule has 1 amide bonds. The van der Waals surface area contributed by atoms with Crippen molar-refractivity contribution < 1.29 is 14.3 Å². The van der Waals surface area contributed by atoms with Crippen LogP contribution in [-0.2, 0) is 14.3 Å². The van der Waals surface area contributed by atoms with E-state index in [0.29, 0.717) is 6.54 Å². The number of carbonyl (C=O) groups is 1. The number of nitrogens with one attached hydrogen (secondary N) is 2. The first kappa shape index (κ1) is 12.4. The van der Waals surface area contributed by atoms with Crippen molar-refractivity contribution in [2.24, 2.45) is 0 Å². The predicted octanol–water partition coefficient (Wildman–Crippen LogP) is -0.482. The lowest BCUT2D eigenvalue weighted by molar-refractivity contribution is -0.125. The molecule has 1 heterocycles. The number of hydrogen-bond donors (Lipinski definition) is 2. The SMILES string of the molecule is CNC1(CNC(=O)COC)CCOCC1. The second-order valence-electron chi connectivity index (χ2n) is 3.85. The molecule has 0 spiro atoms. The lowest BCUT2D eigenvalue weighted by Gasteiger charge is -2.37. The van der Waals surface area contributed by atoms with Crippen LogP contribution in [0.3, 0.4) is 0 Å². The minimum Gasteiger partial charge on any atom is -0.381 e. The van der Waals surface area contributed by atoms with Gasteiger partial charge in [0.1, 0.15) is 6.61 Å². The lowest BCUT2D eigenvalue weighted by atomic mass is 9.90. The molecule has 1 aliphatic heterocycles.